The summed E-state index contributed by atoms with van der Waals surface area (Å²) in [4.78, 5) is 11.9. The smallest absolute Gasteiger partial charge is 0.185 e. The number of hydrogen-bond donors (Lipinski definition) is 0. The summed E-state index contributed by atoms with van der Waals surface area (Å²) in [5.41, 5.74) is 2.90. The minimum Gasteiger partial charge on any atom is -0.289 e. The molecule has 19 heavy (non-hydrogen) atoms. The van der Waals surface area contributed by atoms with Crippen molar-refractivity contribution in [2.24, 2.45) is 0 Å². The first kappa shape index (κ1) is 13.0. The number of ketones is 1. The molecule has 0 fully saturated rings. The number of rotatable bonds is 4. The molecule has 0 aliphatic carbocycles. The molecule has 94 valence electrons. The lowest BCUT2D eigenvalue weighted by Crippen LogP contribution is -1.92. The van der Waals surface area contributed by atoms with Crippen molar-refractivity contribution in [2.75, 3.05) is 0 Å². The van der Waals surface area contributed by atoms with Crippen LogP contribution in [-0.4, -0.2) is 5.78 Å². The lowest BCUT2D eigenvalue weighted by molar-refractivity contribution is 0.104. The van der Waals surface area contributed by atoms with E-state index in [1.807, 2.05) is 73.7 Å². The Morgan fingerprint density at radius 1 is 0.842 bits per heavy atom. The minimum absolute atomic E-state index is 0.0291. The van der Waals surface area contributed by atoms with Gasteiger partial charge in [0.05, 0.1) is 0 Å². The molecule has 1 heteroatoms. The summed E-state index contributed by atoms with van der Waals surface area (Å²) in [7, 11) is 0. The summed E-state index contributed by atoms with van der Waals surface area (Å²) in [6.45, 7) is 1.99. The van der Waals surface area contributed by atoms with Gasteiger partial charge in [0.25, 0.3) is 0 Å². The molecule has 2 rings (SSSR count). The fourth-order valence-corrected chi connectivity index (χ4v) is 1.77. The summed E-state index contributed by atoms with van der Waals surface area (Å²) in [6.07, 6.45) is 5.52. The van der Waals surface area contributed by atoms with Crippen LogP contribution in [0.25, 0.3) is 6.08 Å². The van der Waals surface area contributed by atoms with E-state index in [2.05, 4.69) is 6.08 Å². The zero-order valence-corrected chi connectivity index (χ0v) is 10.9. The molecule has 0 bridgehead atoms. The third-order valence-electron chi connectivity index (χ3n) is 2.75. The Balaban J connectivity index is 2.07. The summed E-state index contributed by atoms with van der Waals surface area (Å²) in [6, 6.07) is 19.3. The van der Waals surface area contributed by atoms with Crippen molar-refractivity contribution >= 4 is 11.9 Å². The van der Waals surface area contributed by atoms with Gasteiger partial charge in [-0.2, -0.15) is 0 Å². The van der Waals surface area contributed by atoms with Crippen LogP contribution >= 0.6 is 0 Å². The topological polar surface area (TPSA) is 17.1 Å². The van der Waals surface area contributed by atoms with E-state index in [0.29, 0.717) is 5.56 Å². The minimum atomic E-state index is 0.0291. The Bertz CT molecular complexity index is 592. The van der Waals surface area contributed by atoms with Crippen molar-refractivity contribution in [3.8, 4) is 0 Å². The second kappa shape index (κ2) is 6.50. The number of carbonyl (C=O) groups is 1. The van der Waals surface area contributed by atoms with Crippen molar-refractivity contribution in [3.63, 3.8) is 0 Å². The molecular weight excluding hydrogens is 232 g/mol. The highest BCUT2D eigenvalue weighted by Crippen LogP contribution is 2.08. The molecule has 0 spiro atoms. The molecule has 0 aliphatic rings. The molecule has 2 aromatic carbocycles. The molecular formula is C18H16O. The average molecular weight is 248 g/mol. The molecule has 0 saturated carbocycles. The second-order valence-electron chi connectivity index (χ2n) is 4.36. The van der Waals surface area contributed by atoms with Gasteiger partial charge in [0, 0.05) is 5.56 Å². The zero-order chi connectivity index (χ0) is 13.5. The van der Waals surface area contributed by atoms with E-state index in [1.165, 1.54) is 0 Å². The second-order valence-corrected chi connectivity index (χ2v) is 4.36. The first-order valence-electron chi connectivity index (χ1n) is 6.26. The van der Waals surface area contributed by atoms with Crippen molar-refractivity contribution in [3.05, 3.63) is 89.5 Å². The monoisotopic (exact) mass is 248 g/mol. The van der Waals surface area contributed by atoms with Gasteiger partial charge in [0.2, 0.25) is 0 Å². The molecule has 1 nitrogen and oxygen atoms in total. The average Bonchev–Trinajstić information content (AvgIpc) is 2.47. The van der Waals surface area contributed by atoms with E-state index >= 15 is 0 Å². The highest BCUT2D eigenvalue weighted by atomic mass is 16.1. The van der Waals surface area contributed by atoms with Crippen LogP contribution in [0.5, 0.6) is 0 Å². The maximum Gasteiger partial charge on any atom is 0.185 e. The van der Waals surface area contributed by atoms with Gasteiger partial charge >= 0.3 is 0 Å². The Labute approximate surface area is 113 Å². The van der Waals surface area contributed by atoms with Crippen molar-refractivity contribution in [2.45, 2.75) is 6.92 Å². The first-order valence-corrected chi connectivity index (χ1v) is 6.26. The van der Waals surface area contributed by atoms with Gasteiger partial charge in [-0.1, -0.05) is 78.4 Å². The molecule has 0 atom stereocenters. The molecule has 0 N–H and O–H groups in total. The van der Waals surface area contributed by atoms with Gasteiger partial charge in [-0.05, 0) is 18.6 Å². The lowest BCUT2D eigenvalue weighted by Gasteiger charge is -1.96. The fourth-order valence-electron chi connectivity index (χ4n) is 1.77. The highest BCUT2D eigenvalue weighted by Gasteiger charge is 1.98. The summed E-state index contributed by atoms with van der Waals surface area (Å²) < 4.78 is 0. The molecule has 0 saturated heterocycles. The summed E-state index contributed by atoms with van der Waals surface area (Å²) in [5, 5.41) is 0. The predicted molar refractivity (Wildman–Crippen MR) is 80.0 cm³/mol. The standard InChI is InChI=1S/C18H16O/c1-15(14-16-8-4-2-5-9-16)12-13-18(19)17-10-6-3-7-11-17/h2-14H,1H3/b13-12-,15-14-. The van der Waals surface area contributed by atoms with Crippen LogP contribution in [0, 0.1) is 0 Å². The Kier molecular flexibility index (Phi) is 4.46. The molecule has 0 unspecified atom stereocenters. The molecule has 0 amide bonds. The maximum absolute atomic E-state index is 11.9. The van der Waals surface area contributed by atoms with E-state index < -0.39 is 0 Å². The molecule has 2 aromatic rings. The quantitative estimate of drug-likeness (QED) is 0.441. The van der Waals surface area contributed by atoms with E-state index in [-0.39, 0.29) is 5.78 Å². The van der Waals surface area contributed by atoms with Crippen LogP contribution in [-0.2, 0) is 0 Å². The van der Waals surface area contributed by atoms with Crippen LogP contribution in [0.15, 0.2) is 78.4 Å². The van der Waals surface area contributed by atoms with Crippen molar-refractivity contribution in [1.82, 2.24) is 0 Å². The third-order valence-corrected chi connectivity index (χ3v) is 2.75. The third kappa shape index (κ3) is 4.07. The maximum atomic E-state index is 11.9. The number of benzene rings is 2. The molecule has 0 aliphatic heterocycles. The van der Waals surface area contributed by atoms with E-state index in [1.54, 1.807) is 6.08 Å². The molecule has 0 radical (unpaired) electrons. The van der Waals surface area contributed by atoms with Gasteiger partial charge in [0.1, 0.15) is 0 Å². The highest BCUT2D eigenvalue weighted by molar-refractivity contribution is 6.04. The first-order chi connectivity index (χ1) is 9.25. The van der Waals surface area contributed by atoms with Crippen LogP contribution < -0.4 is 0 Å². The fraction of sp³-hybridized carbons (Fsp3) is 0.0556. The Morgan fingerprint density at radius 3 is 2.05 bits per heavy atom. The van der Waals surface area contributed by atoms with Crippen LogP contribution in [0.3, 0.4) is 0 Å². The normalized spacial score (nSPS) is 11.7. The summed E-state index contributed by atoms with van der Waals surface area (Å²) in [5.74, 6) is 0.0291. The Hall–Kier alpha value is -2.41. The van der Waals surface area contributed by atoms with Gasteiger partial charge in [-0.25, -0.2) is 0 Å². The number of carbonyl (C=O) groups excluding carboxylic acids is 1. The van der Waals surface area contributed by atoms with E-state index in [9.17, 15) is 4.79 Å². The van der Waals surface area contributed by atoms with Gasteiger partial charge in [-0.3, -0.25) is 4.79 Å². The van der Waals surface area contributed by atoms with Crippen LogP contribution in [0.1, 0.15) is 22.8 Å². The van der Waals surface area contributed by atoms with Gasteiger partial charge < -0.3 is 0 Å². The predicted octanol–water partition coefficient (Wildman–Crippen LogP) is 4.53. The summed E-state index contributed by atoms with van der Waals surface area (Å²) >= 11 is 0. The Morgan fingerprint density at radius 2 is 1.42 bits per heavy atom. The lowest BCUT2D eigenvalue weighted by atomic mass is 10.1. The van der Waals surface area contributed by atoms with E-state index in [4.69, 9.17) is 0 Å². The largest absolute Gasteiger partial charge is 0.289 e. The number of hydrogen-bond acceptors (Lipinski definition) is 1. The van der Waals surface area contributed by atoms with Gasteiger partial charge in [-0.15, -0.1) is 0 Å². The van der Waals surface area contributed by atoms with Gasteiger partial charge in [0.15, 0.2) is 5.78 Å². The zero-order valence-electron chi connectivity index (χ0n) is 10.9. The molecule has 0 aromatic heterocycles. The van der Waals surface area contributed by atoms with E-state index in [0.717, 1.165) is 11.1 Å². The number of allylic oxidation sites excluding steroid dienone is 3. The van der Waals surface area contributed by atoms with Crippen molar-refractivity contribution < 1.29 is 4.79 Å². The van der Waals surface area contributed by atoms with Crippen molar-refractivity contribution in [1.29, 1.82) is 0 Å². The molecule has 0 heterocycles. The van der Waals surface area contributed by atoms with Crippen LogP contribution in [0.2, 0.25) is 0 Å². The SMILES string of the molecule is CC(/C=C\C(=O)c1ccccc1)=C/c1ccccc1. The van der Waals surface area contributed by atoms with Crippen LogP contribution in [0.4, 0.5) is 0 Å².